The summed E-state index contributed by atoms with van der Waals surface area (Å²) in [7, 11) is 0. The number of nitrogens with two attached hydrogens (primary N) is 1. The summed E-state index contributed by atoms with van der Waals surface area (Å²) in [6.45, 7) is 3.78. The van der Waals surface area contributed by atoms with Gasteiger partial charge >= 0.3 is 0 Å². The van der Waals surface area contributed by atoms with E-state index >= 15 is 0 Å². The summed E-state index contributed by atoms with van der Waals surface area (Å²) < 4.78 is 5.49. The minimum Gasteiger partial charge on any atom is -0.494 e. The molecule has 0 aliphatic heterocycles. The van der Waals surface area contributed by atoms with Crippen LogP contribution >= 0.6 is 0 Å². The number of aryl methyl sites for hydroxylation is 1. The van der Waals surface area contributed by atoms with Gasteiger partial charge in [-0.1, -0.05) is 24.3 Å². The van der Waals surface area contributed by atoms with Crippen molar-refractivity contribution in [1.29, 1.82) is 0 Å². The standard InChI is InChI=1S/C19H23NO/c1-2-21-17-12-10-15(11-13-17)14-20-19-9-5-7-16-6-3-4-8-18(16)19/h3-4,6,8,10-13,19-20H,2,5,7,9,14H2,1H3/p+1. The molecule has 1 unspecified atom stereocenters. The molecule has 0 fully saturated rings. The molecule has 0 aromatic heterocycles. The fraction of sp³-hybridized carbons (Fsp3) is 0.368. The molecule has 21 heavy (non-hydrogen) atoms. The van der Waals surface area contributed by atoms with Crippen molar-refractivity contribution in [3.05, 3.63) is 65.2 Å². The monoisotopic (exact) mass is 282 g/mol. The second-order valence-electron chi connectivity index (χ2n) is 5.71. The van der Waals surface area contributed by atoms with Gasteiger partial charge in [-0.25, -0.2) is 0 Å². The molecule has 0 amide bonds. The molecule has 1 aliphatic carbocycles. The highest BCUT2D eigenvalue weighted by Crippen LogP contribution is 2.26. The van der Waals surface area contributed by atoms with Crippen LogP contribution in [0.2, 0.25) is 0 Å². The maximum absolute atomic E-state index is 5.49. The lowest BCUT2D eigenvalue weighted by Gasteiger charge is -2.23. The van der Waals surface area contributed by atoms with Crippen LogP contribution in [-0.4, -0.2) is 6.61 Å². The van der Waals surface area contributed by atoms with E-state index < -0.39 is 0 Å². The Hall–Kier alpha value is -1.80. The maximum Gasteiger partial charge on any atom is 0.119 e. The van der Waals surface area contributed by atoms with E-state index in [1.807, 2.05) is 6.92 Å². The molecule has 0 radical (unpaired) electrons. The first kappa shape index (κ1) is 14.2. The fourth-order valence-electron chi connectivity index (χ4n) is 3.20. The number of hydrogen-bond donors (Lipinski definition) is 1. The van der Waals surface area contributed by atoms with E-state index in [-0.39, 0.29) is 0 Å². The zero-order chi connectivity index (χ0) is 14.5. The number of ether oxygens (including phenoxy) is 1. The molecule has 3 rings (SSSR count). The van der Waals surface area contributed by atoms with Crippen molar-refractivity contribution in [3.63, 3.8) is 0 Å². The molecule has 2 aromatic rings. The van der Waals surface area contributed by atoms with Crippen molar-refractivity contribution in [1.82, 2.24) is 0 Å². The van der Waals surface area contributed by atoms with Crippen LogP contribution in [0.25, 0.3) is 0 Å². The van der Waals surface area contributed by atoms with Crippen molar-refractivity contribution in [2.24, 2.45) is 0 Å². The third-order valence-corrected chi connectivity index (χ3v) is 4.29. The zero-order valence-corrected chi connectivity index (χ0v) is 12.7. The zero-order valence-electron chi connectivity index (χ0n) is 12.7. The number of hydrogen-bond acceptors (Lipinski definition) is 1. The summed E-state index contributed by atoms with van der Waals surface area (Å²) in [4.78, 5) is 0. The van der Waals surface area contributed by atoms with Gasteiger partial charge in [0, 0.05) is 17.5 Å². The van der Waals surface area contributed by atoms with Gasteiger partial charge in [0.05, 0.1) is 6.61 Å². The van der Waals surface area contributed by atoms with Gasteiger partial charge in [0.15, 0.2) is 0 Å². The summed E-state index contributed by atoms with van der Waals surface area (Å²) in [5.41, 5.74) is 4.44. The Morgan fingerprint density at radius 1 is 1.10 bits per heavy atom. The largest absolute Gasteiger partial charge is 0.494 e. The van der Waals surface area contributed by atoms with Gasteiger partial charge in [-0.3, -0.25) is 0 Å². The van der Waals surface area contributed by atoms with E-state index in [2.05, 4.69) is 53.8 Å². The smallest absolute Gasteiger partial charge is 0.119 e. The van der Waals surface area contributed by atoms with Gasteiger partial charge in [0.1, 0.15) is 18.3 Å². The Kier molecular flexibility index (Phi) is 4.56. The molecule has 1 atom stereocenters. The average molecular weight is 282 g/mol. The predicted octanol–water partition coefficient (Wildman–Crippen LogP) is 3.23. The molecule has 1 aliphatic rings. The van der Waals surface area contributed by atoms with Gasteiger partial charge in [-0.05, 0) is 49.6 Å². The lowest BCUT2D eigenvalue weighted by molar-refractivity contribution is -0.712. The number of benzene rings is 2. The first-order valence-corrected chi connectivity index (χ1v) is 7.99. The number of fused-ring (bicyclic) bond motifs is 1. The van der Waals surface area contributed by atoms with E-state index in [9.17, 15) is 0 Å². The second-order valence-corrected chi connectivity index (χ2v) is 5.71. The van der Waals surface area contributed by atoms with Gasteiger partial charge in [0.25, 0.3) is 0 Å². The first-order valence-electron chi connectivity index (χ1n) is 7.99. The summed E-state index contributed by atoms with van der Waals surface area (Å²) in [5, 5.41) is 2.48. The Labute approximate surface area is 127 Å². The van der Waals surface area contributed by atoms with E-state index in [0.29, 0.717) is 6.04 Å². The van der Waals surface area contributed by atoms with Gasteiger partial charge < -0.3 is 10.1 Å². The summed E-state index contributed by atoms with van der Waals surface area (Å²) in [6.07, 6.45) is 3.83. The molecule has 110 valence electrons. The molecule has 0 spiro atoms. The molecule has 0 heterocycles. The molecule has 0 bridgehead atoms. The highest BCUT2D eigenvalue weighted by molar-refractivity contribution is 5.31. The Morgan fingerprint density at radius 2 is 1.90 bits per heavy atom. The Morgan fingerprint density at radius 3 is 2.71 bits per heavy atom. The summed E-state index contributed by atoms with van der Waals surface area (Å²) in [5.74, 6) is 0.962. The SMILES string of the molecule is CCOc1ccc(C[NH2+]C2CCCc3ccccc32)cc1. The minimum absolute atomic E-state index is 0.613. The minimum atomic E-state index is 0.613. The third kappa shape index (κ3) is 3.45. The van der Waals surface area contributed by atoms with E-state index in [0.717, 1.165) is 18.9 Å². The fourth-order valence-corrected chi connectivity index (χ4v) is 3.20. The quantitative estimate of drug-likeness (QED) is 0.895. The van der Waals surface area contributed by atoms with Crippen LogP contribution < -0.4 is 10.1 Å². The first-order chi connectivity index (χ1) is 10.4. The molecule has 0 saturated heterocycles. The van der Waals surface area contributed by atoms with Crippen molar-refractivity contribution < 1.29 is 10.1 Å². The normalized spacial score (nSPS) is 17.3. The highest BCUT2D eigenvalue weighted by Gasteiger charge is 2.21. The van der Waals surface area contributed by atoms with Crippen LogP contribution in [0.3, 0.4) is 0 Å². The average Bonchev–Trinajstić information content (AvgIpc) is 2.54. The topological polar surface area (TPSA) is 25.8 Å². The summed E-state index contributed by atoms with van der Waals surface area (Å²) >= 11 is 0. The Bertz CT molecular complexity index is 576. The lowest BCUT2D eigenvalue weighted by atomic mass is 9.87. The molecule has 2 heteroatoms. The van der Waals surface area contributed by atoms with E-state index in [4.69, 9.17) is 4.74 Å². The van der Waals surface area contributed by atoms with E-state index in [1.165, 1.54) is 36.0 Å². The van der Waals surface area contributed by atoms with Crippen LogP contribution in [0.15, 0.2) is 48.5 Å². The molecule has 2 nitrogen and oxygen atoms in total. The predicted molar refractivity (Wildman–Crippen MR) is 85.4 cm³/mol. The lowest BCUT2D eigenvalue weighted by Crippen LogP contribution is -2.84. The van der Waals surface area contributed by atoms with Gasteiger partial charge in [0.2, 0.25) is 0 Å². The van der Waals surface area contributed by atoms with Crippen LogP contribution in [0.1, 0.15) is 42.5 Å². The van der Waals surface area contributed by atoms with E-state index in [1.54, 1.807) is 0 Å². The van der Waals surface area contributed by atoms with Crippen LogP contribution in [0.5, 0.6) is 5.75 Å². The highest BCUT2D eigenvalue weighted by atomic mass is 16.5. The van der Waals surface area contributed by atoms with Crippen LogP contribution in [-0.2, 0) is 13.0 Å². The van der Waals surface area contributed by atoms with Crippen molar-refractivity contribution >= 4 is 0 Å². The Balaban J connectivity index is 1.63. The molecular formula is C19H24NO+. The number of quaternary nitrogens is 1. The van der Waals surface area contributed by atoms with Gasteiger partial charge in [-0.2, -0.15) is 0 Å². The van der Waals surface area contributed by atoms with Gasteiger partial charge in [-0.15, -0.1) is 0 Å². The summed E-state index contributed by atoms with van der Waals surface area (Å²) in [6, 6.07) is 18.0. The molecule has 0 saturated carbocycles. The molecular weight excluding hydrogens is 258 g/mol. The van der Waals surface area contributed by atoms with Crippen molar-refractivity contribution in [3.8, 4) is 5.75 Å². The maximum atomic E-state index is 5.49. The third-order valence-electron chi connectivity index (χ3n) is 4.29. The van der Waals surface area contributed by atoms with Crippen molar-refractivity contribution in [2.45, 2.75) is 38.8 Å². The van der Waals surface area contributed by atoms with Crippen LogP contribution in [0.4, 0.5) is 0 Å². The number of rotatable bonds is 5. The molecule has 2 aromatic carbocycles. The second kappa shape index (κ2) is 6.77. The van der Waals surface area contributed by atoms with Crippen molar-refractivity contribution in [2.75, 3.05) is 6.61 Å². The molecule has 2 N–H and O–H groups in total. The van der Waals surface area contributed by atoms with Crippen LogP contribution in [0, 0.1) is 0 Å².